The van der Waals surface area contributed by atoms with Crippen molar-refractivity contribution >= 4 is 29.1 Å². The number of hydrogen-bond donors (Lipinski definition) is 3. The van der Waals surface area contributed by atoms with Gasteiger partial charge < -0.3 is 20.1 Å². The first-order chi connectivity index (χ1) is 16.8. The molecule has 4 rings (SSSR count). The molecule has 10 heteroatoms. The largest absolute Gasteiger partial charge is 0.486 e. The molecule has 1 aromatic heterocycles. The lowest BCUT2D eigenvalue weighted by Crippen LogP contribution is -2.36. The third-order valence-corrected chi connectivity index (χ3v) is 5.56. The monoisotopic (exact) mass is 476 g/mol. The number of amides is 2. The minimum atomic E-state index is -0.345. The SMILES string of the molecule is CC(=O)Nc1ccc(C(=O)NC(=NCc2c(C)nn(C)c2C)Nc2ccc3c(c2)OCCO3)cc1. The van der Waals surface area contributed by atoms with Crippen LogP contribution in [0.25, 0.3) is 0 Å². The van der Waals surface area contributed by atoms with Gasteiger partial charge >= 0.3 is 0 Å². The number of rotatable bonds is 5. The van der Waals surface area contributed by atoms with Gasteiger partial charge in [0.1, 0.15) is 13.2 Å². The maximum Gasteiger partial charge on any atom is 0.257 e. The quantitative estimate of drug-likeness (QED) is 0.385. The van der Waals surface area contributed by atoms with Crippen molar-refractivity contribution in [3.63, 3.8) is 0 Å². The third-order valence-electron chi connectivity index (χ3n) is 5.56. The highest BCUT2D eigenvalue weighted by atomic mass is 16.6. The molecule has 182 valence electrons. The average molecular weight is 477 g/mol. The zero-order chi connectivity index (χ0) is 24.9. The van der Waals surface area contributed by atoms with Crippen LogP contribution in [0.3, 0.4) is 0 Å². The number of anilines is 2. The van der Waals surface area contributed by atoms with Crippen LogP contribution in [0.4, 0.5) is 11.4 Å². The maximum atomic E-state index is 13.0. The smallest absolute Gasteiger partial charge is 0.257 e. The summed E-state index contributed by atoms with van der Waals surface area (Å²) >= 11 is 0. The number of hydrogen-bond acceptors (Lipinski definition) is 6. The summed E-state index contributed by atoms with van der Waals surface area (Å²) < 4.78 is 13.1. The fourth-order valence-electron chi connectivity index (χ4n) is 3.66. The molecule has 3 N–H and O–H groups in total. The van der Waals surface area contributed by atoms with Crippen LogP contribution < -0.4 is 25.4 Å². The molecule has 0 aliphatic carbocycles. The molecule has 35 heavy (non-hydrogen) atoms. The van der Waals surface area contributed by atoms with Crippen LogP contribution in [-0.4, -0.2) is 40.8 Å². The number of ether oxygens (including phenoxy) is 2. The zero-order valence-corrected chi connectivity index (χ0v) is 20.1. The van der Waals surface area contributed by atoms with Gasteiger partial charge in [0.05, 0.1) is 12.2 Å². The molecular weight excluding hydrogens is 448 g/mol. The Hall–Kier alpha value is -4.34. The van der Waals surface area contributed by atoms with Gasteiger partial charge in [-0.2, -0.15) is 5.10 Å². The van der Waals surface area contributed by atoms with Crippen molar-refractivity contribution in [1.29, 1.82) is 0 Å². The third kappa shape index (κ3) is 5.78. The van der Waals surface area contributed by atoms with Gasteiger partial charge in [0.25, 0.3) is 5.91 Å². The van der Waals surface area contributed by atoms with E-state index in [-0.39, 0.29) is 17.8 Å². The number of aromatic nitrogens is 2. The Balaban J connectivity index is 1.56. The van der Waals surface area contributed by atoms with E-state index in [2.05, 4.69) is 26.0 Å². The Bertz CT molecular complexity index is 1280. The number of carbonyl (C=O) groups excluding carboxylic acids is 2. The normalized spacial score (nSPS) is 12.7. The van der Waals surface area contributed by atoms with Crippen molar-refractivity contribution in [2.45, 2.75) is 27.3 Å². The molecule has 0 fully saturated rings. The first-order valence-electron chi connectivity index (χ1n) is 11.2. The molecule has 0 bridgehead atoms. The van der Waals surface area contributed by atoms with Crippen molar-refractivity contribution in [3.05, 3.63) is 65.0 Å². The Kier molecular flexibility index (Phi) is 7.00. The molecule has 0 atom stereocenters. The van der Waals surface area contributed by atoms with Gasteiger partial charge in [-0.3, -0.25) is 19.6 Å². The minimum Gasteiger partial charge on any atom is -0.486 e. The van der Waals surface area contributed by atoms with Gasteiger partial charge in [-0.15, -0.1) is 0 Å². The second-order valence-electron chi connectivity index (χ2n) is 8.13. The molecule has 0 spiro atoms. The van der Waals surface area contributed by atoms with Gasteiger partial charge in [-0.1, -0.05) is 0 Å². The summed E-state index contributed by atoms with van der Waals surface area (Å²) in [6, 6.07) is 12.1. The van der Waals surface area contributed by atoms with Gasteiger partial charge in [0.15, 0.2) is 11.5 Å². The van der Waals surface area contributed by atoms with Gasteiger partial charge in [0, 0.05) is 48.2 Å². The summed E-state index contributed by atoms with van der Waals surface area (Å²) in [6.07, 6.45) is 0. The molecule has 0 saturated carbocycles. The number of nitrogens with zero attached hydrogens (tertiary/aromatic N) is 3. The van der Waals surface area contributed by atoms with Crippen molar-refractivity contribution in [3.8, 4) is 11.5 Å². The standard InChI is InChI=1S/C25H28N6O4/c1-15-21(16(2)31(4)30-15)14-26-25(28-20-9-10-22-23(13-20)35-12-11-34-22)29-24(33)18-5-7-19(8-6-18)27-17(3)32/h5-10,13H,11-12,14H2,1-4H3,(H,27,32)(H2,26,28,29,33). The van der Waals surface area contributed by atoms with E-state index in [1.807, 2.05) is 37.7 Å². The second kappa shape index (κ2) is 10.3. The number of fused-ring (bicyclic) bond motifs is 1. The van der Waals surface area contributed by atoms with Gasteiger partial charge in [-0.25, -0.2) is 4.99 Å². The number of carbonyl (C=O) groups is 2. The summed E-state index contributed by atoms with van der Waals surface area (Å²) in [5, 5.41) is 13.2. The van der Waals surface area contributed by atoms with Gasteiger partial charge in [-0.05, 0) is 50.2 Å². The zero-order valence-electron chi connectivity index (χ0n) is 20.1. The molecule has 3 aromatic rings. The Morgan fingerprint density at radius 3 is 2.34 bits per heavy atom. The molecule has 2 heterocycles. The first kappa shape index (κ1) is 23.8. The predicted molar refractivity (Wildman–Crippen MR) is 133 cm³/mol. The van der Waals surface area contributed by atoms with Crippen molar-refractivity contribution < 1.29 is 19.1 Å². The van der Waals surface area contributed by atoms with Crippen LogP contribution in [0.15, 0.2) is 47.5 Å². The molecule has 0 radical (unpaired) electrons. The highest BCUT2D eigenvalue weighted by Gasteiger charge is 2.15. The second-order valence-corrected chi connectivity index (χ2v) is 8.13. The van der Waals surface area contributed by atoms with E-state index in [9.17, 15) is 9.59 Å². The van der Waals surface area contributed by atoms with E-state index in [1.54, 1.807) is 30.3 Å². The molecule has 1 aliphatic heterocycles. The number of aliphatic imine (C=N–C) groups is 1. The molecular formula is C25H28N6O4. The molecule has 0 unspecified atom stereocenters. The van der Waals surface area contributed by atoms with Crippen LogP contribution in [0.2, 0.25) is 0 Å². The van der Waals surface area contributed by atoms with Crippen LogP contribution in [0.1, 0.15) is 34.2 Å². The van der Waals surface area contributed by atoms with E-state index in [0.717, 1.165) is 17.0 Å². The van der Waals surface area contributed by atoms with E-state index in [0.29, 0.717) is 48.2 Å². The van der Waals surface area contributed by atoms with Crippen molar-refractivity contribution in [2.75, 3.05) is 23.8 Å². The lowest BCUT2D eigenvalue weighted by atomic mass is 10.2. The minimum absolute atomic E-state index is 0.179. The van der Waals surface area contributed by atoms with Crippen LogP contribution in [0, 0.1) is 13.8 Å². The Morgan fingerprint density at radius 2 is 1.69 bits per heavy atom. The van der Waals surface area contributed by atoms with E-state index < -0.39 is 0 Å². The molecule has 2 amide bonds. The average Bonchev–Trinajstić information content (AvgIpc) is 3.08. The number of guanidine groups is 1. The lowest BCUT2D eigenvalue weighted by molar-refractivity contribution is -0.114. The maximum absolute atomic E-state index is 13.0. The first-order valence-corrected chi connectivity index (χ1v) is 11.2. The molecule has 2 aromatic carbocycles. The van der Waals surface area contributed by atoms with Gasteiger partial charge in [0.2, 0.25) is 11.9 Å². The summed E-state index contributed by atoms with van der Waals surface area (Å²) in [6.45, 7) is 6.66. The highest BCUT2D eigenvalue weighted by Crippen LogP contribution is 2.32. The predicted octanol–water partition coefficient (Wildman–Crippen LogP) is 3.16. The van der Waals surface area contributed by atoms with E-state index in [4.69, 9.17) is 9.47 Å². The number of aryl methyl sites for hydroxylation is 2. The van der Waals surface area contributed by atoms with Crippen molar-refractivity contribution in [2.24, 2.45) is 12.0 Å². The van der Waals surface area contributed by atoms with Crippen LogP contribution in [-0.2, 0) is 18.4 Å². The lowest BCUT2D eigenvalue weighted by Gasteiger charge is -2.19. The Labute approximate surface area is 203 Å². The fourth-order valence-corrected chi connectivity index (χ4v) is 3.66. The fraction of sp³-hybridized carbons (Fsp3) is 0.280. The molecule has 0 saturated heterocycles. The van der Waals surface area contributed by atoms with Crippen molar-refractivity contribution in [1.82, 2.24) is 15.1 Å². The number of benzene rings is 2. The molecule has 10 nitrogen and oxygen atoms in total. The highest BCUT2D eigenvalue weighted by molar-refractivity contribution is 6.10. The van der Waals surface area contributed by atoms with Crippen LogP contribution >= 0.6 is 0 Å². The summed E-state index contributed by atoms with van der Waals surface area (Å²) in [4.78, 5) is 28.9. The summed E-state index contributed by atoms with van der Waals surface area (Å²) in [5.41, 5.74) is 4.60. The number of nitrogens with one attached hydrogen (secondary N) is 3. The summed E-state index contributed by atoms with van der Waals surface area (Å²) in [5.74, 6) is 1.05. The van der Waals surface area contributed by atoms with E-state index >= 15 is 0 Å². The Morgan fingerprint density at radius 1 is 1.00 bits per heavy atom. The van der Waals surface area contributed by atoms with Crippen LogP contribution in [0.5, 0.6) is 11.5 Å². The summed E-state index contributed by atoms with van der Waals surface area (Å²) in [7, 11) is 1.89. The topological polar surface area (TPSA) is 119 Å². The van der Waals surface area contributed by atoms with E-state index in [1.165, 1.54) is 6.92 Å². The molecule has 1 aliphatic rings.